The molecular weight excluding hydrogens is 248 g/mol. The number of aliphatic imine (C=N–C) groups is 1. The lowest BCUT2D eigenvalue weighted by Gasteiger charge is -2.05. The predicted molar refractivity (Wildman–Crippen MR) is 82.0 cm³/mol. The number of aromatic nitrogens is 2. The molecule has 0 saturated heterocycles. The molecule has 0 atom stereocenters. The van der Waals surface area contributed by atoms with E-state index in [-0.39, 0.29) is 0 Å². The van der Waals surface area contributed by atoms with Crippen molar-refractivity contribution >= 4 is 23.3 Å². The summed E-state index contributed by atoms with van der Waals surface area (Å²) in [4.78, 5) is 11.4. The molecule has 0 amide bonds. The van der Waals surface area contributed by atoms with Crippen molar-refractivity contribution in [3.8, 4) is 0 Å². The number of rotatable bonds is 4. The third-order valence-corrected chi connectivity index (χ3v) is 2.79. The molecule has 98 valence electrons. The number of imidazole rings is 1. The van der Waals surface area contributed by atoms with E-state index in [0.717, 1.165) is 22.9 Å². The van der Waals surface area contributed by atoms with Gasteiger partial charge in [0.25, 0.3) is 0 Å². The molecule has 4 nitrogen and oxygen atoms in total. The van der Waals surface area contributed by atoms with Crippen molar-refractivity contribution < 1.29 is 0 Å². The molecule has 0 aliphatic rings. The summed E-state index contributed by atoms with van der Waals surface area (Å²) < 4.78 is 0. The zero-order chi connectivity index (χ0) is 13.6. The predicted octanol–water partition coefficient (Wildman–Crippen LogP) is 3.90. The summed E-state index contributed by atoms with van der Waals surface area (Å²) in [6.07, 6.45) is 5.18. The zero-order valence-corrected chi connectivity index (χ0v) is 10.8. The normalized spacial score (nSPS) is 10.8. The van der Waals surface area contributed by atoms with Crippen LogP contribution < -0.4 is 5.32 Å². The molecule has 1 heterocycles. The third-order valence-electron chi connectivity index (χ3n) is 2.79. The molecule has 1 aromatic heterocycles. The quantitative estimate of drug-likeness (QED) is 0.700. The van der Waals surface area contributed by atoms with E-state index in [1.807, 2.05) is 54.6 Å². The van der Waals surface area contributed by atoms with Crippen molar-refractivity contribution in [2.75, 3.05) is 5.32 Å². The van der Waals surface area contributed by atoms with Gasteiger partial charge < -0.3 is 10.3 Å². The van der Waals surface area contributed by atoms with Crippen LogP contribution >= 0.6 is 0 Å². The highest BCUT2D eigenvalue weighted by molar-refractivity contribution is 5.77. The van der Waals surface area contributed by atoms with Crippen LogP contribution in [0.2, 0.25) is 0 Å². The second kappa shape index (κ2) is 5.84. The lowest BCUT2D eigenvalue weighted by atomic mass is 10.2. The number of H-pyrrole nitrogens is 1. The summed E-state index contributed by atoms with van der Waals surface area (Å²) in [7, 11) is 0. The fourth-order valence-corrected chi connectivity index (χ4v) is 1.80. The van der Waals surface area contributed by atoms with E-state index in [2.05, 4.69) is 20.3 Å². The highest BCUT2D eigenvalue weighted by atomic mass is 14.9. The second-order valence-electron chi connectivity index (χ2n) is 4.27. The molecule has 0 aliphatic carbocycles. The minimum absolute atomic E-state index is 0.747. The van der Waals surface area contributed by atoms with Gasteiger partial charge in [0.05, 0.1) is 11.9 Å². The largest absolute Gasteiger partial charge is 0.356 e. The Hall–Kier alpha value is -2.88. The van der Waals surface area contributed by atoms with Crippen LogP contribution in [0, 0.1) is 0 Å². The van der Waals surface area contributed by atoms with Gasteiger partial charge in [0.15, 0.2) is 0 Å². The molecule has 20 heavy (non-hydrogen) atoms. The van der Waals surface area contributed by atoms with Gasteiger partial charge in [0.2, 0.25) is 0 Å². The maximum absolute atomic E-state index is 4.35. The smallest absolute Gasteiger partial charge is 0.148 e. The fourth-order valence-electron chi connectivity index (χ4n) is 1.80. The van der Waals surface area contributed by atoms with Crippen LogP contribution in [-0.2, 0) is 0 Å². The molecular formula is C16H14N4. The van der Waals surface area contributed by atoms with Crippen LogP contribution in [0.25, 0.3) is 0 Å². The summed E-state index contributed by atoms with van der Waals surface area (Å²) in [5, 5.41) is 3.33. The minimum atomic E-state index is 0.747. The minimum Gasteiger partial charge on any atom is -0.356 e. The lowest BCUT2D eigenvalue weighted by molar-refractivity contribution is 1.27. The number of nitrogens with zero attached hydrogens (tertiary/aromatic N) is 2. The monoisotopic (exact) mass is 262 g/mol. The Morgan fingerprint density at radius 3 is 2.40 bits per heavy atom. The van der Waals surface area contributed by atoms with Crippen molar-refractivity contribution in [1.29, 1.82) is 0 Å². The first-order valence-corrected chi connectivity index (χ1v) is 6.36. The molecule has 0 unspecified atom stereocenters. The molecule has 0 saturated carbocycles. The van der Waals surface area contributed by atoms with Gasteiger partial charge in [0.1, 0.15) is 5.82 Å². The van der Waals surface area contributed by atoms with Crippen molar-refractivity contribution in [2.24, 2.45) is 4.99 Å². The highest BCUT2D eigenvalue weighted by Gasteiger charge is 1.94. The summed E-state index contributed by atoms with van der Waals surface area (Å²) in [5.41, 5.74) is 2.99. The molecule has 3 rings (SSSR count). The SMILES string of the molecule is C(=Nc1ccc(Nc2ccccc2)cc1)c1ncc[nH]1. The van der Waals surface area contributed by atoms with Gasteiger partial charge in [-0.1, -0.05) is 18.2 Å². The average Bonchev–Trinajstić information content (AvgIpc) is 3.01. The van der Waals surface area contributed by atoms with Gasteiger partial charge in [-0.15, -0.1) is 0 Å². The summed E-state index contributed by atoms with van der Waals surface area (Å²) in [6.45, 7) is 0. The van der Waals surface area contributed by atoms with Crippen LogP contribution in [0.4, 0.5) is 17.1 Å². The number of hydrogen-bond acceptors (Lipinski definition) is 3. The van der Waals surface area contributed by atoms with E-state index >= 15 is 0 Å². The second-order valence-corrected chi connectivity index (χ2v) is 4.27. The number of aromatic amines is 1. The Balaban J connectivity index is 1.68. The highest BCUT2D eigenvalue weighted by Crippen LogP contribution is 2.19. The van der Waals surface area contributed by atoms with Gasteiger partial charge >= 0.3 is 0 Å². The lowest BCUT2D eigenvalue weighted by Crippen LogP contribution is -1.88. The van der Waals surface area contributed by atoms with E-state index < -0.39 is 0 Å². The first-order chi connectivity index (χ1) is 9.90. The van der Waals surface area contributed by atoms with Crippen LogP contribution in [0.3, 0.4) is 0 Å². The first-order valence-electron chi connectivity index (χ1n) is 6.36. The van der Waals surface area contributed by atoms with E-state index in [1.54, 1.807) is 18.6 Å². The maximum atomic E-state index is 4.35. The van der Waals surface area contributed by atoms with Crippen LogP contribution in [0.5, 0.6) is 0 Å². The molecule has 2 N–H and O–H groups in total. The molecule has 0 radical (unpaired) electrons. The Kier molecular flexibility index (Phi) is 3.55. The Bertz CT molecular complexity index is 670. The van der Waals surface area contributed by atoms with Crippen LogP contribution in [0.15, 0.2) is 72.0 Å². The average molecular weight is 262 g/mol. The van der Waals surface area contributed by atoms with Gasteiger partial charge in [-0.05, 0) is 36.4 Å². The number of nitrogens with one attached hydrogen (secondary N) is 2. The molecule has 0 spiro atoms. The fraction of sp³-hybridized carbons (Fsp3) is 0. The van der Waals surface area contributed by atoms with Gasteiger partial charge in [0, 0.05) is 23.8 Å². The molecule has 0 aliphatic heterocycles. The summed E-state index contributed by atoms with van der Waals surface area (Å²) in [5.74, 6) is 0.747. The summed E-state index contributed by atoms with van der Waals surface area (Å²) >= 11 is 0. The van der Waals surface area contributed by atoms with E-state index in [0.29, 0.717) is 0 Å². The number of hydrogen-bond donors (Lipinski definition) is 2. The van der Waals surface area contributed by atoms with E-state index in [1.165, 1.54) is 0 Å². The Morgan fingerprint density at radius 1 is 0.950 bits per heavy atom. The van der Waals surface area contributed by atoms with Crippen LogP contribution in [0.1, 0.15) is 5.82 Å². The summed E-state index contributed by atoms with van der Waals surface area (Å²) in [6, 6.07) is 18.0. The van der Waals surface area contributed by atoms with E-state index in [4.69, 9.17) is 0 Å². The Morgan fingerprint density at radius 2 is 1.70 bits per heavy atom. The number of anilines is 2. The number of para-hydroxylation sites is 1. The third kappa shape index (κ3) is 3.11. The molecule has 0 bridgehead atoms. The van der Waals surface area contributed by atoms with Gasteiger partial charge in [-0.25, -0.2) is 4.98 Å². The van der Waals surface area contributed by atoms with E-state index in [9.17, 15) is 0 Å². The van der Waals surface area contributed by atoms with Crippen molar-refractivity contribution in [3.63, 3.8) is 0 Å². The molecule has 3 aromatic rings. The Labute approximate surface area is 117 Å². The van der Waals surface area contributed by atoms with Crippen molar-refractivity contribution in [3.05, 3.63) is 72.8 Å². The number of benzene rings is 2. The van der Waals surface area contributed by atoms with Crippen molar-refractivity contribution in [2.45, 2.75) is 0 Å². The van der Waals surface area contributed by atoms with Crippen LogP contribution in [-0.4, -0.2) is 16.2 Å². The standard InChI is InChI=1S/C16H14N4/c1-2-4-14(5-3-1)20-15-8-6-13(7-9-15)19-12-16-17-10-11-18-16/h1-12,20H,(H,17,18). The first kappa shape index (κ1) is 12.2. The van der Waals surface area contributed by atoms with Crippen molar-refractivity contribution in [1.82, 2.24) is 9.97 Å². The topological polar surface area (TPSA) is 53.1 Å². The van der Waals surface area contributed by atoms with Gasteiger partial charge in [-0.3, -0.25) is 4.99 Å². The zero-order valence-electron chi connectivity index (χ0n) is 10.8. The van der Waals surface area contributed by atoms with Gasteiger partial charge in [-0.2, -0.15) is 0 Å². The molecule has 2 aromatic carbocycles. The molecule has 4 heteroatoms. The molecule has 0 fully saturated rings. The maximum Gasteiger partial charge on any atom is 0.148 e.